The predicted octanol–water partition coefficient (Wildman–Crippen LogP) is -0.986. The molecule has 1 fully saturated rings. The smallest absolute Gasteiger partial charge is 0.501 e. The first-order chi connectivity index (χ1) is 9.43. The van der Waals surface area contributed by atoms with Crippen LogP contribution in [-0.4, -0.2) is 47.2 Å². The van der Waals surface area contributed by atoms with Gasteiger partial charge in [0.1, 0.15) is 35.1 Å². The summed E-state index contributed by atoms with van der Waals surface area (Å²) in [5.41, 5.74) is -0.705. The van der Waals surface area contributed by atoms with Crippen molar-refractivity contribution in [3.8, 4) is 5.75 Å². The second kappa shape index (κ2) is 5.09. The molecule has 1 aromatic carbocycles. The Morgan fingerprint density at radius 3 is 2.10 bits per heavy atom. The van der Waals surface area contributed by atoms with Crippen molar-refractivity contribution in [2.24, 2.45) is 0 Å². The topological polar surface area (TPSA) is 27.7 Å². The highest BCUT2D eigenvalue weighted by Crippen LogP contribution is 2.37. The van der Waals surface area contributed by atoms with Crippen LogP contribution in [0.25, 0.3) is 0 Å². The minimum Gasteiger partial charge on any atom is -0.514 e. The fourth-order valence-corrected chi connectivity index (χ4v) is 2.13. The van der Waals surface area contributed by atoms with Crippen molar-refractivity contribution in [2.75, 3.05) is 0 Å². The highest BCUT2D eigenvalue weighted by Gasteiger charge is 2.53. The van der Waals surface area contributed by atoms with Gasteiger partial charge >= 0.3 is 7.12 Å². The summed E-state index contributed by atoms with van der Waals surface area (Å²) in [6.07, 6.45) is 0. The van der Waals surface area contributed by atoms with Gasteiger partial charge < -0.3 is 14.0 Å². The van der Waals surface area contributed by atoms with Gasteiger partial charge in [0.05, 0.1) is 16.7 Å². The zero-order valence-corrected chi connectivity index (χ0v) is 13.9. The zero-order valence-electron chi connectivity index (χ0n) is 13.9. The van der Waals surface area contributed by atoms with Crippen LogP contribution in [0, 0.1) is 5.82 Å². The first-order valence-corrected chi connectivity index (χ1v) is 7.26. The molecular formula is C13H21B4FO3. The summed E-state index contributed by atoms with van der Waals surface area (Å²) in [5, 5.41) is -0.424. The molecule has 1 aromatic rings. The van der Waals surface area contributed by atoms with E-state index in [1.54, 1.807) is 12.1 Å². The molecule has 110 valence electrons. The highest BCUT2D eigenvalue weighted by molar-refractivity contribution is 6.63. The van der Waals surface area contributed by atoms with Crippen molar-refractivity contribution < 1.29 is 18.4 Å². The largest absolute Gasteiger partial charge is 0.514 e. The number of hydrogen-bond donors (Lipinski definition) is 0. The molecule has 1 aliphatic heterocycles. The maximum atomic E-state index is 14.3. The second-order valence-corrected chi connectivity index (χ2v) is 7.45. The molecule has 3 nitrogen and oxygen atoms in total. The Bertz CT molecular complexity index is 527. The first kappa shape index (κ1) is 16.5. The van der Waals surface area contributed by atoms with Crippen molar-refractivity contribution in [1.29, 1.82) is 0 Å². The van der Waals surface area contributed by atoms with Gasteiger partial charge in [-0.25, -0.2) is 4.39 Å². The van der Waals surface area contributed by atoms with E-state index in [-0.39, 0.29) is 5.82 Å². The van der Waals surface area contributed by atoms with Crippen LogP contribution in [0.5, 0.6) is 5.75 Å². The molecule has 0 radical (unpaired) electrons. The number of rotatable bonds is 3. The van der Waals surface area contributed by atoms with E-state index in [1.165, 1.54) is 6.07 Å². The lowest BCUT2D eigenvalue weighted by atomic mass is 9.52. The van der Waals surface area contributed by atoms with Crippen LogP contribution in [0.3, 0.4) is 0 Å². The van der Waals surface area contributed by atoms with E-state index in [2.05, 4.69) is 0 Å². The summed E-state index contributed by atoms with van der Waals surface area (Å²) < 4.78 is 32.1. The lowest BCUT2D eigenvalue weighted by Crippen LogP contribution is -2.43. The molecule has 0 saturated carbocycles. The van der Waals surface area contributed by atoms with Crippen LogP contribution in [0.2, 0.25) is 0 Å². The van der Waals surface area contributed by atoms with Crippen molar-refractivity contribution >= 4 is 36.1 Å². The Morgan fingerprint density at radius 1 is 1.10 bits per heavy atom. The van der Waals surface area contributed by atoms with Gasteiger partial charge in [-0.3, -0.25) is 0 Å². The molecule has 1 saturated heterocycles. The third-order valence-corrected chi connectivity index (χ3v) is 3.92. The van der Waals surface area contributed by atoms with Gasteiger partial charge in [0.25, 0.3) is 0 Å². The molecule has 0 aliphatic carbocycles. The third-order valence-electron chi connectivity index (χ3n) is 3.92. The van der Waals surface area contributed by atoms with Gasteiger partial charge in [-0.1, -0.05) is 6.07 Å². The summed E-state index contributed by atoms with van der Waals surface area (Å²) in [4.78, 5) is 0. The van der Waals surface area contributed by atoms with E-state index in [4.69, 9.17) is 14.0 Å². The monoisotopic (exact) mass is 288 g/mol. The van der Waals surface area contributed by atoms with Gasteiger partial charge in [-0.15, -0.1) is 0 Å². The van der Waals surface area contributed by atoms with Crippen molar-refractivity contribution in [1.82, 2.24) is 0 Å². The molecule has 2 rings (SSSR count). The fourth-order valence-electron chi connectivity index (χ4n) is 2.13. The van der Waals surface area contributed by atoms with Gasteiger partial charge in [0, 0.05) is 5.30 Å². The molecule has 8 heteroatoms. The minimum atomic E-state index is -0.770. The van der Waals surface area contributed by atoms with E-state index in [9.17, 15) is 4.39 Å². The molecule has 0 N–H and O–H groups in total. The number of hydrogen-bond acceptors (Lipinski definition) is 3. The standard InChI is InChI=1S/C13H21B4FO3/c1-11(2)12(3,4)21-17(20-11)10-8(18)6-5-7-9(10)19-13(14,15)16/h5-7H,14-16H2,1-4H3. The molecule has 1 heterocycles. The van der Waals surface area contributed by atoms with Crippen LogP contribution in [0.15, 0.2) is 18.2 Å². The molecular weight excluding hydrogens is 266 g/mol. The molecule has 0 bridgehead atoms. The Kier molecular flexibility index (Phi) is 4.00. The number of halogens is 1. The molecule has 0 atom stereocenters. The average Bonchev–Trinajstić information content (AvgIpc) is 2.45. The van der Waals surface area contributed by atoms with Crippen LogP contribution in [-0.2, 0) is 9.31 Å². The van der Waals surface area contributed by atoms with Crippen molar-refractivity contribution in [3.05, 3.63) is 24.0 Å². The Labute approximate surface area is 129 Å². The summed E-state index contributed by atoms with van der Waals surface area (Å²) >= 11 is 0. The van der Waals surface area contributed by atoms with Crippen LogP contribution in [0.4, 0.5) is 4.39 Å². The normalized spacial score (nSPS) is 20.5. The zero-order chi connectivity index (χ0) is 16.1. The van der Waals surface area contributed by atoms with E-state index in [1.807, 2.05) is 51.2 Å². The molecule has 0 spiro atoms. The Hall–Kier alpha value is -0.870. The second-order valence-electron chi connectivity index (χ2n) is 7.45. The van der Waals surface area contributed by atoms with E-state index < -0.39 is 23.6 Å². The molecule has 0 amide bonds. The van der Waals surface area contributed by atoms with E-state index in [0.717, 1.165) is 0 Å². The van der Waals surface area contributed by atoms with Gasteiger partial charge in [0.15, 0.2) is 0 Å². The van der Waals surface area contributed by atoms with Crippen molar-refractivity contribution in [2.45, 2.75) is 44.2 Å². The van der Waals surface area contributed by atoms with Gasteiger partial charge in [-0.05, 0) is 39.8 Å². The summed E-state index contributed by atoms with van der Waals surface area (Å²) in [6.45, 7) is 7.77. The SMILES string of the molecule is BC(B)(B)Oc1cccc(F)c1B1OC(C)(C)C(C)(C)O1. The van der Waals surface area contributed by atoms with E-state index in [0.29, 0.717) is 11.2 Å². The lowest BCUT2D eigenvalue weighted by molar-refractivity contribution is 0.00578. The summed E-state index contributed by atoms with van der Waals surface area (Å²) in [6, 6.07) is 4.77. The maximum Gasteiger partial charge on any atom is 0.501 e. The minimum absolute atomic E-state index is 0.325. The molecule has 0 aromatic heterocycles. The number of ether oxygens (including phenoxy) is 1. The summed E-state index contributed by atoms with van der Waals surface area (Å²) in [5.74, 6) is 0.0799. The third kappa shape index (κ3) is 3.32. The predicted molar refractivity (Wildman–Crippen MR) is 91.1 cm³/mol. The first-order valence-electron chi connectivity index (χ1n) is 7.26. The van der Waals surface area contributed by atoms with Gasteiger partial charge in [-0.2, -0.15) is 0 Å². The Balaban J connectivity index is 2.41. The van der Waals surface area contributed by atoms with E-state index >= 15 is 0 Å². The number of benzene rings is 1. The highest BCUT2D eigenvalue weighted by atomic mass is 19.1. The van der Waals surface area contributed by atoms with Gasteiger partial charge in [0.2, 0.25) is 0 Å². The average molecular weight is 288 g/mol. The van der Waals surface area contributed by atoms with Crippen molar-refractivity contribution in [3.63, 3.8) is 0 Å². The lowest BCUT2D eigenvalue weighted by Gasteiger charge is -2.32. The van der Waals surface area contributed by atoms with Crippen LogP contribution < -0.4 is 10.2 Å². The maximum absolute atomic E-state index is 14.3. The fraction of sp³-hybridized carbons (Fsp3) is 0.538. The molecule has 21 heavy (non-hydrogen) atoms. The summed E-state index contributed by atoms with van der Waals surface area (Å²) in [7, 11) is 5.00. The quantitative estimate of drug-likeness (QED) is 0.669. The molecule has 0 unspecified atom stereocenters. The van der Waals surface area contributed by atoms with Crippen LogP contribution >= 0.6 is 0 Å². The Morgan fingerprint density at radius 2 is 1.62 bits per heavy atom. The van der Waals surface area contributed by atoms with Crippen LogP contribution in [0.1, 0.15) is 27.7 Å². The molecule has 1 aliphatic rings.